The molecule has 0 bridgehead atoms. The fourth-order valence-corrected chi connectivity index (χ4v) is 8.32. The Morgan fingerprint density at radius 2 is 0.691 bits per heavy atom. The molecule has 3 nitrogen and oxygen atoms in total. The number of aromatic nitrogens is 3. The van der Waals surface area contributed by atoms with E-state index in [-0.39, 0.29) is 0 Å². The maximum Gasteiger partial charge on any atom is 0.164 e. The highest BCUT2D eigenvalue weighted by molar-refractivity contribution is 5.95. The Kier molecular flexibility index (Phi) is 8.04. The second-order valence-corrected chi connectivity index (χ2v) is 14.0. The highest BCUT2D eigenvalue weighted by Crippen LogP contribution is 2.58. The van der Waals surface area contributed by atoms with Crippen molar-refractivity contribution < 1.29 is 0 Å². The summed E-state index contributed by atoms with van der Waals surface area (Å²) in [4.78, 5) is 15.6. The predicted octanol–water partition coefficient (Wildman–Crippen LogP) is 12.6. The van der Waals surface area contributed by atoms with Crippen LogP contribution >= 0.6 is 0 Å². The number of hydrogen-bond acceptors (Lipinski definition) is 3. The Morgan fingerprint density at radius 1 is 0.273 bits per heavy atom. The minimum Gasteiger partial charge on any atom is -0.208 e. The Morgan fingerprint density at radius 3 is 1.25 bits per heavy atom. The molecule has 10 rings (SSSR count). The molecular formula is C52H35N3. The van der Waals surface area contributed by atoms with E-state index in [1.165, 1.54) is 44.5 Å². The second kappa shape index (κ2) is 13.6. The number of hydrogen-bond donors (Lipinski definition) is 0. The zero-order valence-electron chi connectivity index (χ0n) is 30.0. The third kappa shape index (κ3) is 5.57. The number of nitrogens with zero attached hydrogens (tertiary/aromatic N) is 3. The highest BCUT2D eigenvalue weighted by Gasteiger charge is 2.47. The largest absolute Gasteiger partial charge is 0.208 e. The van der Waals surface area contributed by atoms with Gasteiger partial charge in [0.25, 0.3) is 0 Å². The lowest BCUT2D eigenvalue weighted by Gasteiger charge is -2.34. The van der Waals surface area contributed by atoms with Crippen LogP contribution in [-0.4, -0.2) is 15.0 Å². The van der Waals surface area contributed by atoms with Crippen molar-refractivity contribution in [2.45, 2.75) is 5.41 Å². The average molecular weight is 702 g/mol. The average Bonchev–Trinajstić information content (AvgIpc) is 3.58. The van der Waals surface area contributed by atoms with Crippen LogP contribution in [-0.2, 0) is 5.41 Å². The van der Waals surface area contributed by atoms with Crippen LogP contribution < -0.4 is 0 Å². The molecule has 0 saturated carbocycles. The zero-order chi connectivity index (χ0) is 36.6. The number of fused-ring (bicyclic) bond motifs is 3. The van der Waals surface area contributed by atoms with Crippen LogP contribution in [0.25, 0.3) is 67.5 Å². The van der Waals surface area contributed by atoms with E-state index < -0.39 is 5.41 Å². The van der Waals surface area contributed by atoms with E-state index in [1.807, 2.05) is 24.3 Å². The Balaban J connectivity index is 1.24. The molecule has 258 valence electrons. The molecule has 0 amide bonds. The van der Waals surface area contributed by atoms with Gasteiger partial charge in [-0.15, -0.1) is 0 Å². The predicted molar refractivity (Wildman–Crippen MR) is 224 cm³/mol. The molecule has 8 aromatic carbocycles. The molecule has 0 N–H and O–H groups in total. The monoisotopic (exact) mass is 701 g/mol. The second-order valence-electron chi connectivity index (χ2n) is 14.0. The molecule has 0 saturated heterocycles. The van der Waals surface area contributed by atoms with Crippen molar-refractivity contribution in [2.24, 2.45) is 0 Å². The Hall–Kier alpha value is -7.23. The minimum absolute atomic E-state index is 0.584. The summed E-state index contributed by atoms with van der Waals surface area (Å²) in [7, 11) is 0. The normalized spacial score (nSPS) is 12.5. The van der Waals surface area contributed by atoms with Crippen LogP contribution in [0, 0.1) is 0 Å². The van der Waals surface area contributed by atoms with Gasteiger partial charge in [0.1, 0.15) is 0 Å². The summed E-state index contributed by atoms with van der Waals surface area (Å²) in [5.41, 5.74) is 14.1. The van der Waals surface area contributed by atoms with Gasteiger partial charge >= 0.3 is 0 Å². The molecule has 0 spiro atoms. The van der Waals surface area contributed by atoms with E-state index in [0.717, 1.165) is 27.8 Å². The van der Waals surface area contributed by atoms with Crippen LogP contribution in [0.4, 0.5) is 0 Å². The lowest BCUT2D eigenvalue weighted by Crippen LogP contribution is -2.28. The maximum atomic E-state index is 5.29. The van der Waals surface area contributed by atoms with E-state index in [0.29, 0.717) is 17.5 Å². The van der Waals surface area contributed by atoms with Crippen molar-refractivity contribution in [3.8, 4) is 67.5 Å². The molecule has 1 aromatic heterocycles. The molecule has 1 heterocycles. The van der Waals surface area contributed by atoms with Gasteiger partial charge < -0.3 is 0 Å². The lowest BCUT2D eigenvalue weighted by atomic mass is 9.67. The van der Waals surface area contributed by atoms with E-state index in [1.54, 1.807) is 0 Å². The van der Waals surface area contributed by atoms with Gasteiger partial charge in [-0.2, -0.15) is 0 Å². The molecule has 0 radical (unpaired) electrons. The van der Waals surface area contributed by atoms with Gasteiger partial charge in [-0.1, -0.05) is 206 Å². The maximum absolute atomic E-state index is 5.29. The van der Waals surface area contributed by atoms with E-state index in [9.17, 15) is 0 Å². The van der Waals surface area contributed by atoms with Gasteiger partial charge in [-0.3, -0.25) is 0 Å². The lowest BCUT2D eigenvalue weighted by molar-refractivity contribution is 0.769. The summed E-state index contributed by atoms with van der Waals surface area (Å²) in [6, 6.07) is 75.2. The molecule has 0 aliphatic heterocycles. The van der Waals surface area contributed by atoms with E-state index >= 15 is 0 Å². The van der Waals surface area contributed by atoms with Gasteiger partial charge in [-0.25, -0.2) is 15.0 Å². The first kappa shape index (κ1) is 32.4. The topological polar surface area (TPSA) is 38.7 Å². The first-order valence-corrected chi connectivity index (χ1v) is 18.7. The summed E-state index contributed by atoms with van der Waals surface area (Å²) >= 11 is 0. The Bertz CT molecular complexity index is 2730. The van der Waals surface area contributed by atoms with E-state index in [2.05, 4.69) is 188 Å². The zero-order valence-corrected chi connectivity index (χ0v) is 30.0. The van der Waals surface area contributed by atoms with Crippen molar-refractivity contribution in [2.75, 3.05) is 0 Å². The smallest absolute Gasteiger partial charge is 0.164 e. The third-order valence-electron chi connectivity index (χ3n) is 10.8. The van der Waals surface area contributed by atoms with E-state index in [4.69, 9.17) is 15.0 Å². The van der Waals surface area contributed by atoms with Gasteiger partial charge in [0, 0.05) is 16.7 Å². The molecule has 0 atom stereocenters. The van der Waals surface area contributed by atoms with Crippen molar-refractivity contribution in [1.82, 2.24) is 15.0 Å². The molecular weight excluding hydrogens is 667 g/mol. The summed E-state index contributed by atoms with van der Waals surface area (Å²) in [5.74, 6) is 1.92. The Labute approximate surface area is 321 Å². The minimum atomic E-state index is -0.584. The number of benzene rings is 8. The summed E-state index contributed by atoms with van der Waals surface area (Å²) in [5, 5.41) is 0. The van der Waals surface area contributed by atoms with Crippen LogP contribution in [0.5, 0.6) is 0 Å². The molecule has 1 aliphatic rings. The van der Waals surface area contributed by atoms with Crippen molar-refractivity contribution in [3.05, 3.63) is 235 Å². The molecule has 55 heavy (non-hydrogen) atoms. The van der Waals surface area contributed by atoms with Gasteiger partial charge in [0.05, 0.1) is 5.41 Å². The standard InChI is InChI=1S/C52H35N3/c1-6-17-36(18-7-1)38-29-31-40(32-30-38)50-53-49(39-21-10-3-11-22-39)54-51(55-50)45-27-16-28-46-48(45)44-34-33-41(37-19-8-2-9-20-37)35-47(44)52(46,42-23-12-4-13-24-42)43-25-14-5-15-26-43/h1-35H. The molecule has 1 aliphatic carbocycles. The van der Waals surface area contributed by atoms with Crippen molar-refractivity contribution in [3.63, 3.8) is 0 Å². The third-order valence-corrected chi connectivity index (χ3v) is 10.8. The molecule has 0 unspecified atom stereocenters. The quantitative estimate of drug-likeness (QED) is 0.166. The van der Waals surface area contributed by atoms with Gasteiger partial charge in [0.15, 0.2) is 17.5 Å². The van der Waals surface area contributed by atoms with Crippen LogP contribution in [0.3, 0.4) is 0 Å². The van der Waals surface area contributed by atoms with Gasteiger partial charge in [-0.05, 0) is 61.7 Å². The molecule has 3 heteroatoms. The van der Waals surface area contributed by atoms with Gasteiger partial charge in [0.2, 0.25) is 0 Å². The fourth-order valence-electron chi connectivity index (χ4n) is 8.32. The summed E-state index contributed by atoms with van der Waals surface area (Å²) in [6.07, 6.45) is 0. The van der Waals surface area contributed by atoms with Crippen molar-refractivity contribution >= 4 is 0 Å². The number of rotatable bonds is 7. The molecule has 0 fully saturated rings. The fraction of sp³-hybridized carbons (Fsp3) is 0.0192. The highest BCUT2D eigenvalue weighted by atomic mass is 15.0. The summed E-state index contributed by atoms with van der Waals surface area (Å²) < 4.78 is 0. The SMILES string of the molecule is c1ccc(-c2ccc(-c3nc(-c4ccccc4)nc(-c4cccc5c4-c4ccc(-c6ccccc6)cc4C5(c4ccccc4)c4ccccc4)n3)cc2)cc1. The van der Waals surface area contributed by atoms with Crippen molar-refractivity contribution in [1.29, 1.82) is 0 Å². The summed E-state index contributed by atoms with van der Waals surface area (Å²) in [6.45, 7) is 0. The van der Waals surface area contributed by atoms with Crippen LogP contribution in [0.15, 0.2) is 212 Å². The first-order valence-electron chi connectivity index (χ1n) is 18.7. The van der Waals surface area contributed by atoms with Crippen LogP contribution in [0.2, 0.25) is 0 Å². The first-order chi connectivity index (χ1) is 27.3. The van der Waals surface area contributed by atoms with Crippen LogP contribution in [0.1, 0.15) is 22.3 Å². The molecule has 9 aromatic rings.